The van der Waals surface area contributed by atoms with Crippen molar-refractivity contribution < 1.29 is 13.7 Å². The number of pyridine rings is 1. The molecule has 2 aromatic rings. The molecule has 2 rings (SSSR count). The van der Waals surface area contributed by atoms with Gasteiger partial charge in [-0.3, -0.25) is 4.79 Å². The molecule has 1 amide bonds. The fraction of sp³-hybridized carbons (Fsp3) is 0.200. The highest BCUT2D eigenvalue weighted by molar-refractivity contribution is 5.94. The lowest BCUT2D eigenvalue weighted by Gasteiger charge is -2.03. The molecule has 0 bridgehead atoms. The highest BCUT2D eigenvalue weighted by atomic mass is 19.1. The lowest BCUT2D eigenvalue weighted by Crippen LogP contribution is -2.26. The molecule has 0 aromatic carbocycles. The number of carbonyl (C=O) groups is 1. The van der Waals surface area contributed by atoms with E-state index in [-0.39, 0.29) is 12.1 Å². The molecule has 0 unspecified atom stereocenters. The van der Waals surface area contributed by atoms with Gasteiger partial charge in [0.25, 0.3) is 5.91 Å². The predicted octanol–water partition coefficient (Wildman–Crippen LogP) is 0.576. The molecule has 0 atom stereocenters. The first kappa shape index (κ1) is 11.2. The van der Waals surface area contributed by atoms with Gasteiger partial charge in [-0.2, -0.15) is 9.37 Å². The molecule has 1 N–H and O–H groups in total. The highest BCUT2D eigenvalue weighted by Gasteiger charge is 2.11. The minimum absolute atomic E-state index is 0.0852. The third kappa shape index (κ3) is 2.83. The van der Waals surface area contributed by atoms with E-state index in [0.29, 0.717) is 12.3 Å². The molecule has 88 valence electrons. The van der Waals surface area contributed by atoms with Gasteiger partial charge in [0.1, 0.15) is 0 Å². The summed E-state index contributed by atoms with van der Waals surface area (Å²) in [6.07, 6.45) is 2.95. The maximum absolute atomic E-state index is 13.1. The summed E-state index contributed by atoms with van der Waals surface area (Å²) in [5.74, 6) is -0.894. The third-order valence-corrected chi connectivity index (χ3v) is 2.04. The first-order chi connectivity index (χ1) is 8.27. The quantitative estimate of drug-likeness (QED) is 0.785. The van der Waals surface area contributed by atoms with E-state index in [2.05, 4.69) is 20.4 Å². The number of nitrogens with zero attached hydrogens (tertiary/aromatic N) is 3. The average Bonchev–Trinajstić information content (AvgIpc) is 2.82. The number of rotatable bonds is 4. The number of nitrogens with one attached hydrogen (secondary N) is 1. The van der Waals surface area contributed by atoms with Gasteiger partial charge in [0.15, 0.2) is 6.33 Å². The lowest BCUT2D eigenvalue weighted by atomic mass is 10.2. The molecule has 0 saturated heterocycles. The van der Waals surface area contributed by atoms with Gasteiger partial charge in [0, 0.05) is 19.2 Å². The maximum atomic E-state index is 13.1. The van der Waals surface area contributed by atoms with E-state index in [1.54, 1.807) is 0 Å². The largest absolute Gasteiger partial charge is 0.351 e. The molecule has 0 saturated carbocycles. The molecule has 0 aliphatic rings. The van der Waals surface area contributed by atoms with Crippen LogP contribution in [-0.2, 0) is 6.42 Å². The molecule has 0 fully saturated rings. The summed E-state index contributed by atoms with van der Waals surface area (Å²) in [6.45, 7) is 0.287. The van der Waals surface area contributed by atoms with E-state index in [1.807, 2.05) is 0 Å². The number of halogens is 1. The van der Waals surface area contributed by atoms with Crippen molar-refractivity contribution in [1.29, 1.82) is 0 Å². The van der Waals surface area contributed by atoms with Crippen LogP contribution in [-0.4, -0.2) is 27.6 Å². The molecule has 0 aliphatic heterocycles. The fourth-order valence-electron chi connectivity index (χ4n) is 1.24. The fourth-order valence-corrected chi connectivity index (χ4v) is 1.24. The molecular weight excluding hydrogens is 227 g/mol. The summed E-state index contributed by atoms with van der Waals surface area (Å²) in [4.78, 5) is 18.7. The van der Waals surface area contributed by atoms with Crippen LogP contribution in [0.25, 0.3) is 0 Å². The summed E-state index contributed by atoms with van der Waals surface area (Å²) >= 11 is 0. The lowest BCUT2D eigenvalue weighted by molar-refractivity contribution is 0.0948. The molecule has 2 aromatic heterocycles. The van der Waals surface area contributed by atoms with Gasteiger partial charge < -0.3 is 9.84 Å². The van der Waals surface area contributed by atoms with Crippen LogP contribution in [0.4, 0.5) is 4.39 Å². The first-order valence-electron chi connectivity index (χ1n) is 4.91. The Morgan fingerprint density at radius 1 is 1.47 bits per heavy atom. The van der Waals surface area contributed by atoms with Crippen LogP contribution >= 0.6 is 0 Å². The van der Waals surface area contributed by atoms with E-state index in [4.69, 9.17) is 4.52 Å². The Kier molecular flexibility index (Phi) is 3.39. The minimum atomic E-state index is -0.789. The molecule has 2 heterocycles. The zero-order chi connectivity index (χ0) is 12.1. The predicted molar refractivity (Wildman–Crippen MR) is 54.5 cm³/mol. The minimum Gasteiger partial charge on any atom is -0.351 e. The van der Waals surface area contributed by atoms with Crippen molar-refractivity contribution in [3.63, 3.8) is 0 Å². The number of amides is 1. The summed E-state index contributed by atoms with van der Waals surface area (Å²) in [6, 6.07) is 2.86. The van der Waals surface area contributed by atoms with E-state index >= 15 is 0 Å². The monoisotopic (exact) mass is 236 g/mol. The summed E-state index contributed by atoms with van der Waals surface area (Å²) in [5.41, 5.74) is -0.0852. The van der Waals surface area contributed by atoms with Crippen molar-refractivity contribution in [3.05, 3.63) is 42.1 Å². The highest BCUT2D eigenvalue weighted by Crippen LogP contribution is 2.02. The number of hydrogen-bond donors (Lipinski definition) is 1. The third-order valence-electron chi connectivity index (χ3n) is 2.04. The van der Waals surface area contributed by atoms with Crippen LogP contribution in [0.1, 0.15) is 16.2 Å². The number of hydrogen-bond acceptors (Lipinski definition) is 5. The second kappa shape index (κ2) is 5.15. The molecule has 7 heteroatoms. The topological polar surface area (TPSA) is 80.9 Å². The van der Waals surface area contributed by atoms with E-state index in [9.17, 15) is 9.18 Å². The number of aromatic nitrogens is 3. The van der Waals surface area contributed by atoms with Crippen LogP contribution in [0, 0.1) is 5.95 Å². The normalized spacial score (nSPS) is 10.2. The SMILES string of the molecule is O=C(NCCc1ncno1)c1cccnc1F. The van der Waals surface area contributed by atoms with Gasteiger partial charge in [-0.25, -0.2) is 4.98 Å². The standard InChI is InChI=1S/C10H9FN4O2/c11-9-7(2-1-4-12-9)10(16)13-5-3-8-14-6-15-17-8/h1-2,4,6H,3,5H2,(H,13,16). The Morgan fingerprint density at radius 2 is 2.35 bits per heavy atom. The molecular formula is C10H9FN4O2. The van der Waals surface area contributed by atoms with E-state index < -0.39 is 11.9 Å². The van der Waals surface area contributed by atoms with Gasteiger partial charge in [-0.1, -0.05) is 5.16 Å². The van der Waals surface area contributed by atoms with Crippen LogP contribution in [0.5, 0.6) is 0 Å². The number of carbonyl (C=O) groups excluding carboxylic acids is 1. The Labute approximate surface area is 95.9 Å². The maximum Gasteiger partial charge on any atom is 0.255 e. The first-order valence-corrected chi connectivity index (χ1v) is 4.91. The van der Waals surface area contributed by atoms with Crippen LogP contribution in [0.3, 0.4) is 0 Å². The van der Waals surface area contributed by atoms with Crippen molar-refractivity contribution in [2.24, 2.45) is 0 Å². The summed E-state index contributed by atoms with van der Waals surface area (Å²) < 4.78 is 17.9. The van der Waals surface area contributed by atoms with Crippen LogP contribution in [0.2, 0.25) is 0 Å². The van der Waals surface area contributed by atoms with Gasteiger partial charge in [0.2, 0.25) is 11.8 Å². The second-order valence-corrected chi connectivity index (χ2v) is 3.18. The molecule has 0 aliphatic carbocycles. The zero-order valence-corrected chi connectivity index (χ0v) is 8.76. The van der Waals surface area contributed by atoms with Crippen LogP contribution in [0.15, 0.2) is 29.2 Å². The van der Waals surface area contributed by atoms with Gasteiger partial charge in [0.05, 0.1) is 5.56 Å². The molecule has 6 nitrogen and oxygen atoms in total. The van der Waals surface area contributed by atoms with Gasteiger partial charge in [-0.05, 0) is 12.1 Å². The Bertz CT molecular complexity index is 501. The smallest absolute Gasteiger partial charge is 0.255 e. The average molecular weight is 236 g/mol. The van der Waals surface area contributed by atoms with Crippen molar-refractivity contribution in [2.45, 2.75) is 6.42 Å². The van der Waals surface area contributed by atoms with E-state index in [0.717, 1.165) is 0 Å². The Hall–Kier alpha value is -2.31. The summed E-state index contributed by atoms with van der Waals surface area (Å²) in [5, 5.41) is 5.95. The van der Waals surface area contributed by atoms with Crippen molar-refractivity contribution in [3.8, 4) is 0 Å². The molecule has 0 radical (unpaired) electrons. The Morgan fingerprint density at radius 3 is 3.06 bits per heavy atom. The van der Waals surface area contributed by atoms with Crippen molar-refractivity contribution >= 4 is 5.91 Å². The second-order valence-electron chi connectivity index (χ2n) is 3.18. The van der Waals surface area contributed by atoms with Crippen molar-refractivity contribution in [2.75, 3.05) is 6.54 Å². The molecule has 0 spiro atoms. The van der Waals surface area contributed by atoms with Crippen LogP contribution < -0.4 is 5.32 Å². The Balaban J connectivity index is 1.88. The molecule has 17 heavy (non-hydrogen) atoms. The summed E-state index contributed by atoms with van der Waals surface area (Å²) in [7, 11) is 0. The zero-order valence-electron chi connectivity index (χ0n) is 8.76. The van der Waals surface area contributed by atoms with Crippen molar-refractivity contribution in [1.82, 2.24) is 20.4 Å². The van der Waals surface area contributed by atoms with E-state index in [1.165, 1.54) is 24.7 Å². The van der Waals surface area contributed by atoms with Gasteiger partial charge in [-0.15, -0.1) is 0 Å². The van der Waals surface area contributed by atoms with Gasteiger partial charge >= 0.3 is 0 Å².